The van der Waals surface area contributed by atoms with Crippen molar-refractivity contribution < 1.29 is 0 Å². The molecule has 0 saturated carbocycles. The van der Waals surface area contributed by atoms with Crippen molar-refractivity contribution in [2.45, 2.75) is 26.3 Å². The van der Waals surface area contributed by atoms with E-state index in [9.17, 15) is 0 Å². The molecule has 2 aromatic rings. The molecule has 0 bridgehead atoms. The van der Waals surface area contributed by atoms with Gasteiger partial charge in [-0.3, -0.25) is 0 Å². The molecule has 1 aromatic heterocycles. The number of aromatic nitrogens is 1. The van der Waals surface area contributed by atoms with E-state index in [4.69, 9.17) is 17.3 Å². The summed E-state index contributed by atoms with van der Waals surface area (Å²) in [6, 6.07) is 6.19. The molecule has 1 aromatic carbocycles. The number of hydrogen-bond donors (Lipinski definition) is 1. The number of aryl methyl sites for hydroxylation is 1. The molecule has 0 aliphatic rings. The second-order valence-electron chi connectivity index (χ2n) is 4.47. The SMILES string of the molecule is Cc1c(CC(C)N)c2cc(Cl)ccc2n1C. The number of halogens is 1. The summed E-state index contributed by atoms with van der Waals surface area (Å²) in [5.74, 6) is 0. The molecule has 86 valence electrons. The first kappa shape index (κ1) is 11.5. The number of hydrogen-bond acceptors (Lipinski definition) is 1. The van der Waals surface area contributed by atoms with Gasteiger partial charge in [-0.25, -0.2) is 0 Å². The van der Waals surface area contributed by atoms with Crippen LogP contribution in [0.2, 0.25) is 5.02 Å². The van der Waals surface area contributed by atoms with E-state index < -0.39 is 0 Å². The van der Waals surface area contributed by atoms with Gasteiger partial charge in [-0.05, 0) is 44.0 Å². The summed E-state index contributed by atoms with van der Waals surface area (Å²) in [6.45, 7) is 4.16. The number of rotatable bonds is 2. The first-order valence-electron chi connectivity index (χ1n) is 5.49. The van der Waals surface area contributed by atoms with Crippen molar-refractivity contribution in [2.24, 2.45) is 12.8 Å². The molecule has 2 rings (SSSR count). The average molecular weight is 237 g/mol. The number of fused-ring (bicyclic) bond motifs is 1. The average Bonchev–Trinajstić information content (AvgIpc) is 2.43. The van der Waals surface area contributed by atoms with Crippen molar-refractivity contribution in [1.29, 1.82) is 0 Å². The predicted molar refractivity (Wildman–Crippen MR) is 70.0 cm³/mol. The Kier molecular flexibility index (Phi) is 2.96. The molecule has 0 spiro atoms. The Balaban J connectivity index is 2.70. The maximum absolute atomic E-state index is 6.05. The predicted octanol–water partition coefficient (Wildman–Crippen LogP) is 3.03. The Morgan fingerprint density at radius 1 is 1.44 bits per heavy atom. The lowest BCUT2D eigenvalue weighted by Gasteiger charge is -2.05. The zero-order valence-electron chi connectivity index (χ0n) is 9.92. The summed E-state index contributed by atoms with van der Waals surface area (Å²) in [4.78, 5) is 0. The lowest BCUT2D eigenvalue weighted by Crippen LogP contribution is -2.18. The highest BCUT2D eigenvalue weighted by Gasteiger charge is 2.13. The second kappa shape index (κ2) is 4.11. The fourth-order valence-electron chi connectivity index (χ4n) is 2.20. The third-order valence-electron chi connectivity index (χ3n) is 3.11. The van der Waals surface area contributed by atoms with Crippen LogP contribution < -0.4 is 5.73 Å². The van der Waals surface area contributed by atoms with Crippen molar-refractivity contribution in [1.82, 2.24) is 4.57 Å². The normalized spacial score (nSPS) is 13.3. The standard InChI is InChI=1S/C13H17ClN2/c1-8(15)6-11-9(2)16(3)13-5-4-10(14)7-12(11)13/h4-5,7-8H,6,15H2,1-3H3. The van der Waals surface area contributed by atoms with Gasteiger partial charge in [-0.2, -0.15) is 0 Å². The minimum atomic E-state index is 0.170. The number of nitrogens with two attached hydrogens (primary N) is 1. The van der Waals surface area contributed by atoms with E-state index >= 15 is 0 Å². The summed E-state index contributed by atoms with van der Waals surface area (Å²) in [7, 11) is 2.08. The highest BCUT2D eigenvalue weighted by Crippen LogP contribution is 2.28. The van der Waals surface area contributed by atoms with Gasteiger partial charge < -0.3 is 10.3 Å². The topological polar surface area (TPSA) is 30.9 Å². The van der Waals surface area contributed by atoms with Gasteiger partial charge in [0.05, 0.1) is 0 Å². The van der Waals surface area contributed by atoms with Gasteiger partial charge in [-0.1, -0.05) is 11.6 Å². The van der Waals surface area contributed by atoms with Crippen LogP contribution >= 0.6 is 11.6 Å². The van der Waals surface area contributed by atoms with Crippen LogP contribution in [0.25, 0.3) is 10.9 Å². The molecule has 0 aliphatic carbocycles. The Morgan fingerprint density at radius 3 is 2.75 bits per heavy atom. The molecule has 1 heterocycles. The fourth-order valence-corrected chi connectivity index (χ4v) is 2.37. The maximum Gasteiger partial charge on any atom is 0.0483 e. The van der Waals surface area contributed by atoms with Gasteiger partial charge in [0.15, 0.2) is 0 Å². The van der Waals surface area contributed by atoms with Crippen molar-refractivity contribution in [3.8, 4) is 0 Å². The van der Waals surface area contributed by atoms with Crippen LogP contribution in [-0.2, 0) is 13.5 Å². The van der Waals surface area contributed by atoms with Gasteiger partial charge >= 0.3 is 0 Å². The van der Waals surface area contributed by atoms with E-state index in [0.29, 0.717) is 0 Å². The quantitative estimate of drug-likeness (QED) is 0.854. The molecule has 0 fully saturated rings. The molecular weight excluding hydrogens is 220 g/mol. The molecule has 0 radical (unpaired) electrons. The van der Waals surface area contributed by atoms with E-state index in [1.807, 2.05) is 19.1 Å². The molecule has 2 N–H and O–H groups in total. The first-order valence-corrected chi connectivity index (χ1v) is 5.87. The second-order valence-corrected chi connectivity index (χ2v) is 4.90. The molecule has 1 unspecified atom stereocenters. The van der Waals surface area contributed by atoms with Gasteiger partial charge in [-0.15, -0.1) is 0 Å². The van der Waals surface area contributed by atoms with Crippen LogP contribution in [0.3, 0.4) is 0 Å². The Morgan fingerprint density at radius 2 is 2.12 bits per heavy atom. The molecule has 2 nitrogen and oxygen atoms in total. The van der Waals surface area contributed by atoms with Crippen molar-refractivity contribution in [2.75, 3.05) is 0 Å². The summed E-state index contributed by atoms with van der Waals surface area (Å²) in [5, 5.41) is 2.01. The van der Waals surface area contributed by atoms with Crippen molar-refractivity contribution in [3.63, 3.8) is 0 Å². The summed E-state index contributed by atoms with van der Waals surface area (Å²) in [5.41, 5.74) is 9.70. The molecule has 16 heavy (non-hydrogen) atoms. The molecule has 0 saturated heterocycles. The lowest BCUT2D eigenvalue weighted by molar-refractivity contribution is 0.732. The van der Waals surface area contributed by atoms with Crippen LogP contribution in [0.15, 0.2) is 18.2 Å². The highest BCUT2D eigenvalue weighted by molar-refractivity contribution is 6.31. The van der Waals surface area contributed by atoms with Crippen LogP contribution in [0.1, 0.15) is 18.2 Å². The van der Waals surface area contributed by atoms with Crippen LogP contribution in [0.5, 0.6) is 0 Å². The molecular formula is C13H17ClN2. The Bertz CT molecular complexity index is 526. The third-order valence-corrected chi connectivity index (χ3v) is 3.35. The minimum Gasteiger partial charge on any atom is -0.348 e. The van der Waals surface area contributed by atoms with Gasteiger partial charge in [0.1, 0.15) is 0 Å². The highest BCUT2D eigenvalue weighted by atomic mass is 35.5. The largest absolute Gasteiger partial charge is 0.348 e. The van der Waals surface area contributed by atoms with E-state index in [1.54, 1.807) is 0 Å². The van der Waals surface area contributed by atoms with E-state index in [2.05, 4.69) is 24.6 Å². The van der Waals surface area contributed by atoms with Gasteiger partial charge in [0.2, 0.25) is 0 Å². The molecule has 0 aliphatic heterocycles. The Labute approximate surface area is 101 Å². The van der Waals surface area contributed by atoms with Crippen molar-refractivity contribution >= 4 is 22.5 Å². The monoisotopic (exact) mass is 236 g/mol. The van der Waals surface area contributed by atoms with E-state index in [1.165, 1.54) is 22.2 Å². The summed E-state index contributed by atoms with van der Waals surface area (Å²) < 4.78 is 2.20. The maximum atomic E-state index is 6.05. The summed E-state index contributed by atoms with van der Waals surface area (Å²) >= 11 is 6.05. The van der Waals surface area contributed by atoms with E-state index in [0.717, 1.165) is 11.4 Å². The molecule has 0 amide bonds. The molecule has 3 heteroatoms. The zero-order valence-corrected chi connectivity index (χ0v) is 10.7. The van der Waals surface area contributed by atoms with Gasteiger partial charge in [0, 0.05) is 34.7 Å². The van der Waals surface area contributed by atoms with Gasteiger partial charge in [0.25, 0.3) is 0 Å². The van der Waals surface area contributed by atoms with Crippen LogP contribution in [0, 0.1) is 6.92 Å². The third kappa shape index (κ3) is 1.83. The van der Waals surface area contributed by atoms with E-state index in [-0.39, 0.29) is 6.04 Å². The fraction of sp³-hybridized carbons (Fsp3) is 0.385. The first-order chi connectivity index (χ1) is 7.50. The minimum absolute atomic E-state index is 0.170. The Hall–Kier alpha value is -0.990. The number of benzene rings is 1. The van der Waals surface area contributed by atoms with Crippen LogP contribution in [-0.4, -0.2) is 10.6 Å². The zero-order chi connectivity index (χ0) is 11.9. The number of nitrogens with zero attached hydrogens (tertiary/aromatic N) is 1. The lowest BCUT2D eigenvalue weighted by atomic mass is 10.0. The van der Waals surface area contributed by atoms with Crippen molar-refractivity contribution in [3.05, 3.63) is 34.5 Å². The molecule has 1 atom stereocenters. The smallest absolute Gasteiger partial charge is 0.0483 e. The van der Waals surface area contributed by atoms with Crippen LogP contribution in [0.4, 0.5) is 0 Å². The summed E-state index contributed by atoms with van der Waals surface area (Å²) in [6.07, 6.45) is 0.892.